The molecule has 0 heterocycles. The van der Waals surface area contributed by atoms with E-state index in [2.05, 4.69) is 32.9 Å². The molecule has 0 aliphatic carbocycles. The van der Waals surface area contributed by atoms with Crippen LogP contribution in [-0.4, -0.2) is 25.9 Å². The van der Waals surface area contributed by atoms with Crippen LogP contribution in [0.1, 0.15) is 23.6 Å². The average Bonchev–Trinajstić information content (AvgIpc) is 2.32. The maximum absolute atomic E-state index is 5.78. The molecule has 96 valence electrons. The summed E-state index contributed by atoms with van der Waals surface area (Å²) in [5, 5.41) is 0. The summed E-state index contributed by atoms with van der Waals surface area (Å²) in [7, 11) is 0. The van der Waals surface area contributed by atoms with E-state index in [-0.39, 0.29) is 6.10 Å². The van der Waals surface area contributed by atoms with Crippen LogP contribution < -0.4 is 10.5 Å². The summed E-state index contributed by atoms with van der Waals surface area (Å²) in [6.07, 6.45) is 0.0957. The Morgan fingerprint density at radius 1 is 1.12 bits per heavy atom. The molecule has 0 saturated carbocycles. The molecular formula is C14H23NO2. The van der Waals surface area contributed by atoms with Crippen molar-refractivity contribution in [3.8, 4) is 5.75 Å². The Morgan fingerprint density at radius 2 is 1.76 bits per heavy atom. The summed E-state index contributed by atoms with van der Waals surface area (Å²) in [4.78, 5) is 0. The maximum Gasteiger partial charge on any atom is 0.125 e. The van der Waals surface area contributed by atoms with Crippen LogP contribution in [0.3, 0.4) is 0 Å². The highest BCUT2D eigenvalue weighted by atomic mass is 16.5. The summed E-state index contributed by atoms with van der Waals surface area (Å²) in [5.41, 5.74) is 9.09. The first-order valence-corrected chi connectivity index (χ1v) is 6.07. The molecule has 0 aliphatic heterocycles. The van der Waals surface area contributed by atoms with E-state index >= 15 is 0 Å². The van der Waals surface area contributed by atoms with Crippen molar-refractivity contribution >= 4 is 0 Å². The number of nitrogens with two attached hydrogens (primary N) is 1. The van der Waals surface area contributed by atoms with Crippen molar-refractivity contribution < 1.29 is 9.47 Å². The Kier molecular flexibility index (Phi) is 5.45. The molecule has 0 aliphatic rings. The molecule has 0 fully saturated rings. The van der Waals surface area contributed by atoms with E-state index in [1.807, 2.05) is 6.92 Å². The van der Waals surface area contributed by atoms with Crippen molar-refractivity contribution in [2.45, 2.75) is 33.8 Å². The highest BCUT2D eigenvalue weighted by Gasteiger charge is 2.06. The van der Waals surface area contributed by atoms with Crippen LogP contribution in [0.15, 0.2) is 12.1 Å². The molecule has 0 spiro atoms. The first-order valence-electron chi connectivity index (χ1n) is 6.07. The fraction of sp³-hybridized carbons (Fsp3) is 0.571. The van der Waals surface area contributed by atoms with E-state index < -0.39 is 0 Å². The van der Waals surface area contributed by atoms with E-state index in [0.29, 0.717) is 19.8 Å². The second-order valence-corrected chi connectivity index (χ2v) is 4.42. The third-order valence-corrected chi connectivity index (χ3v) is 2.94. The highest BCUT2D eigenvalue weighted by molar-refractivity contribution is 5.44. The number of hydrogen-bond acceptors (Lipinski definition) is 3. The fourth-order valence-corrected chi connectivity index (χ4v) is 1.61. The Morgan fingerprint density at radius 3 is 2.41 bits per heavy atom. The Labute approximate surface area is 104 Å². The summed E-state index contributed by atoms with van der Waals surface area (Å²) < 4.78 is 11.3. The van der Waals surface area contributed by atoms with Gasteiger partial charge in [0.15, 0.2) is 0 Å². The quantitative estimate of drug-likeness (QED) is 0.772. The Balaban J connectivity index is 2.49. The summed E-state index contributed by atoms with van der Waals surface area (Å²) in [6.45, 7) is 9.88. The molecule has 2 N–H and O–H groups in total. The van der Waals surface area contributed by atoms with Crippen molar-refractivity contribution in [1.82, 2.24) is 0 Å². The second kappa shape index (κ2) is 6.62. The molecule has 0 aromatic heterocycles. The molecule has 17 heavy (non-hydrogen) atoms. The molecule has 3 nitrogen and oxygen atoms in total. The van der Waals surface area contributed by atoms with Crippen LogP contribution >= 0.6 is 0 Å². The lowest BCUT2D eigenvalue weighted by Gasteiger charge is -2.15. The number of aryl methyl sites for hydroxylation is 2. The smallest absolute Gasteiger partial charge is 0.125 e. The zero-order chi connectivity index (χ0) is 12.8. The van der Waals surface area contributed by atoms with Gasteiger partial charge in [-0.2, -0.15) is 0 Å². The van der Waals surface area contributed by atoms with Gasteiger partial charge in [0.25, 0.3) is 0 Å². The van der Waals surface area contributed by atoms with Crippen molar-refractivity contribution in [1.29, 1.82) is 0 Å². The van der Waals surface area contributed by atoms with Gasteiger partial charge < -0.3 is 15.2 Å². The zero-order valence-corrected chi connectivity index (χ0v) is 11.2. The predicted octanol–water partition coefficient (Wildman–Crippen LogP) is 2.35. The number of hydrogen-bond donors (Lipinski definition) is 1. The number of ether oxygens (including phenoxy) is 2. The molecule has 1 aromatic rings. The number of rotatable bonds is 6. The summed E-state index contributed by atoms with van der Waals surface area (Å²) >= 11 is 0. The molecule has 1 unspecified atom stereocenters. The van der Waals surface area contributed by atoms with Gasteiger partial charge in [0.05, 0.1) is 12.7 Å². The summed E-state index contributed by atoms with van der Waals surface area (Å²) in [6, 6.07) is 4.20. The fourth-order valence-electron chi connectivity index (χ4n) is 1.61. The van der Waals surface area contributed by atoms with Gasteiger partial charge in [-0.25, -0.2) is 0 Å². The third kappa shape index (κ3) is 4.02. The third-order valence-electron chi connectivity index (χ3n) is 2.94. The van der Waals surface area contributed by atoms with E-state index in [4.69, 9.17) is 15.2 Å². The van der Waals surface area contributed by atoms with Crippen molar-refractivity contribution in [3.63, 3.8) is 0 Å². The van der Waals surface area contributed by atoms with Crippen LogP contribution in [0, 0.1) is 20.8 Å². The van der Waals surface area contributed by atoms with E-state index in [9.17, 15) is 0 Å². The van der Waals surface area contributed by atoms with Crippen molar-refractivity contribution in [2.75, 3.05) is 19.8 Å². The monoisotopic (exact) mass is 237 g/mol. The average molecular weight is 237 g/mol. The van der Waals surface area contributed by atoms with Crippen molar-refractivity contribution in [2.24, 2.45) is 5.73 Å². The molecular weight excluding hydrogens is 214 g/mol. The SMILES string of the molecule is Cc1ccc(C)c(OCCOC(C)CN)c1C. The van der Waals surface area contributed by atoms with Gasteiger partial charge in [0.1, 0.15) is 12.4 Å². The second-order valence-electron chi connectivity index (χ2n) is 4.42. The van der Waals surface area contributed by atoms with Crippen LogP contribution in [0.4, 0.5) is 0 Å². The molecule has 0 bridgehead atoms. The zero-order valence-electron chi connectivity index (χ0n) is 11.2. The molecule has 3 heteroatoms. The first kappa shape index (κ1) is 14.0. The topological polar surface area (TPSA) is 44.5 Å². The largest absolute Gasteiger partial charge is 0.491 e. The van der Waals surface area contributed by atoms with Gasteiger partial charge in [0, 0.05) is 6.54 Å². The van der Waals surface area contributed by atoms with Gasteiger partial charge in [-0.3, -0.25) is 0 Å². The van der Waals surface area contributed by atoms with Crippen LogP contribution in [0.2, 0.25) is 0 Å². The molecule has 1 atom stereocenters. The van der Waals surface area contributed by atoms with Gasteiger partial charge in [-0.05, 0) is 44.4 Å². The van der Waals surface area contributed by atoms with Gasteiger partial charge in [-0.15, -0.1) is 0 Å². The van der Waals surface area contributed by atoms with Crippen LogP contribution in [0.5, 0.6) is 5.75 Å². The number of benzene rings is 1. The Hall–Kier alpha value is -1.06. The van der Waals surface area contributed by atoms with Gasteiger partial charge >= 0.3 is 0 Å². The highest BCUT2D eigenvalue weighted by Crippen LogP contribution is 2.25. The predicted molar refractivity (Wildman–Crippen MR) is 70.6 cm³/mol. The maximum atomic E-state index is 5.78. The van der Waals surface area contributed by atoms with E-state index in [1.165, 1.54) is 16.7 Å². The molecule has 0 amide bonds. The first-order chi connectivity index (χ1) is 8.06. The molecule has 1 rings (SSSR count). The Bertz CT molecular complexity index is 363. The standard InChI is InChI=1S/C14H23NO2/c1-10-5-6-11(2)14(13(10)4)17-8-7-16-12(3)9-15/h5-6,12H,7-9,15H2,1-4H3. The lowest BCUT2D eigenvalue weighted by Crippen LogP contribution is -2.22. The summed E-state index contributed by atoms with van der Waals surface area (Å²) in [5.74, 6) is 0.981. The molecule has 0 saturated heterocycles. The minimum absolute atomic E-state index is 0.0957. The van der Waals surface area contributed by atoms with Crippen molar-refractivity contribution in [3.05, 3.63) is 28.8 Å². The minimum atomic E-state index is 0.0957. The molecule has 0 radical (unpaired) electrons. The lowest BCUT2D eigenvalue weighted by molar-refractivity contribution is 0.0493. The van der Waals surface area contributed by atoms with Gasteiger partial charge in [-0.1, -0.05) is 12.1 Å². The van der Waals surface area contributed by atoms with Crippen LogP contribution in [-0.2, 0) is 4.74 Å². The minimum Gasteiger partial charge on any atom is -0.491 e. The van der Waals surface area contributed by atoms with Crippen LogP contribution in [0.25, 0.3) is 0 Å². The van der Waals surface area contributed by atoms with Gasteiger partial charge in [0.2, 0.25) is 0 Å². The van der Waals surface area contributed by atoms with E-state index in [1.54, 1.807) is 0 Å². The molecule has 1 aromatic carbocycles. The lowest BCUT2D eigenvalue weighted by atomic mass is 10.1. The van der Waals surface area contributed by atoms with E-state index in [0.717, 1.165) is 5.75 Å². The normalized spacial score (nSPS) is 12.5.